The summed E-state index contributed by atoms with van der Waals surface area (Å²) in [5.41, 5.74) is 0.993. The van der Waals surface area contributed by atoms with Crippen LogP contribution in [-0.4, -0.2) is 35.4 Å². The third kappa shape index (κ3) is 3.85. The van der Waals surface area contributed by atoms with Crippen LogP contribution in [-0.2, 0) is 16.1 Å². The highest BCUT2D eigenvalue weighted by atomic mass is 16.5. The fourth-order valence-electron chi connectivity index (χ4n) is 3.86. The van der Waals surface area contributed by atoms with Crippen LogP contribution in [0.2, 0.25) is 0 Å². The number of carbonyl (C=O) groups excluding carboxylic acids is 2. The Balaban J connectivity index is 1.86. The van der Waals surface area contributed by atoms with Crippen LogP contribution in [0, 0.1) is 0 Å². The van der Waals surface area contributed by atoms with E-state index in [1.165, 1.54) is 18.3 Å². The number of benzene rings is 2. The minimum Gasteiger partial charge on any atom is -0.507 e. The molecule has 0 saturated carbocycles. The Labute approximate surface area is 185 Å². The quantitative estimate of drug-likeness (QED) is 0.339. The van der Waals surface area contributed by atoms with Crippen LogP contribution < -0.4 is 9.47 Å². The molecule has 4 rings (SSSR count). The molecule has 1 saturated heterocycles. The lowest BCUT2D eigenvalue weighted by Gasteiger charge is -2.24. The molecular weight excluding hydrogens is 410 g/mol. The van der Waals surface area contributed by atoms with Gasteiger partial charge >= 0.3 is 0 Å². The van der Waals surface area contributed by atoms with Crippen LogP contribution in [0.5, 0.6) is 11.5 Å². The number of ketones is 1. The Morgan fingerprint density at radius 3 is 2.47 bits per heavy atom. The maximum atomic E-state index is 13.1. The van der Waals surface area contributed by atoms with Crippen molar-refractivity contribution in [3.63, 3.8) is 0 Å². The number of ether oxygens (including phenoxy) is 2. The molecule has 7 heteroatoms. The molecule has 164 valence electrons. The molecule has 1 unspecified atom stereocenters. The number of para-hydroxylation sites is 1. The van der Waals surface area contributed by atoms with E-state index < -0.39 is 17.7 Å². The SMILES string of the molecule is CCOc1ccc(C2/C(=C(/O)c3ccccc3OC)C(=O)C(=O)N2Cc2ccco2)cc1. The molecule has 32 heavy (non-hydrogen) atoms. The van der Waals surface area contributed by atoms with Gasteiger partial charge in [-0.25, -0.2) is 0 Å². The molecule has 1 aliphatic heterocycles. The van der Waals surface area contributed by atoms with Crippen LogP contribution in [0.15, 0.2) is 76.9 Å². The van der Waals surface area contributed by atoms with Gasteiger partial charge in [-0.1, -0.05) is 24.3 Å². The summed E-state index contributed by atoms with van der Waals surface area (Å²) >= 11 is 0. The maximum absolute atomic E-state index is 13.1. The van der Waals surface area contributed by atoms with Crippen LogP contribution in [0.1, 0.15) is 29.9 Å². The fourth-order valence-corrected chi connectivity index (χ4v) is 3.86. The van der Waals surface area contributed by atoms with Gasteiger partial charge in [0.25, 0.3) is 11.7 Å². The maximum Gasteiger partial charge on any atom is 0.296 e. The minimum absolute atomic E-state index is 0.00443. The predicted molar refractivity (Wildman–Crippen MR) is 117 cm³/mol. The van der Waals surface area contributed by atoms with E-state index in [1.54, 1.807) is 60.7 Å². The smallest absolute Gasteiger partial charge is 0.296 e. The molecule has 1 atom stereocenters. The number of aliphatic hydroxyl groups is 1. The van der Waals surface area contributed by atoms with E-state index in [0.717, 1.165) is 0 Å². The van der Waals surface area contributed by atoms with Crippen LogP contribution in [0.25, 0.3) is 5.76 Å². The van der Waals surface area contributed by atoms with Crippen molar-refractivity contribution in [2.75, 3.05) is 13.7 Å². The first-order valence-electron chi connectivity index (χ1n) is 10.2. The number of hydrogen-bond acceptors (Lipinski definition) is 6. The largest absolute Gasteiger partial charge is 0.507 e. The number of amides is 1. The number of hydrogen-bond donors (Lipinski definition) is 1. The second kappa shape index (κ2) is 9.01. The van der Waals surface area contributed by atoms with E-state index in [4.69, 9.17) is 13.9 Å². The highest BCUT2D eigenvalue weighted by molar-refractivity contribution is 6.46. The molecule has 1 fully saturated rings. The van der Waals surface area contributed by atoms with Gasteiger partial charge in [0.1, 0.15) is 23.0 Å². The number of carbonyl (C=O) groups is 2. The van der Waals surface area contributed by atoms with Crippen LogP contribution >= 0.6 is 0 Å². The molecule has 1 amide bonds. The molecule has 2 heterocycles. The fraction of sp³-hybridized carbons (Fsp3) is 0.200. The number of rotatable bonds is 7. The van der Waals surface area contributed by atoms with Crippen molar-refractivity contribution >= 4 is 17.4 Å². The van der Waals surface area contributed by atoms with Crippen molar-refractivity contribution in [3.8, 4) is 11.5 Å². The van der Waals surface area contributed by atoms with Crippen molar-refractivity contribution in [3.05, 3.63) is 89.4 Å². The zero-order valence-corrected chi connectivity index (χ0v) is 17.8. The summed E-state index contributed by atoms with van der Waals surface area (Å²) < 4.78 is 16.3. The van der Waals surface area contributed by atoms with Crippen molar-refractivity contribution < 1.29 is 28.6 Å². The van der Waals surface area contributed by atoms with E-state index in [-0.39, 0.29) is 17.9 Å². The second-order valence-electron chi connectivity index (χ2n) is 7.21. The first-order valence-corrected chi connectivity index (χ1v) is 10.2. The lowest BCUT2D eigenvalue weighted by atomic mass is 9.95. The Hall–Kier alpha value is -4.00. The molecule has 1 aromatic heterocycles. The number of aliphatic hydroxyl groups excluding tert-OH is 1. The summed E-state index contributed by atoms with van der Waals surface area (Å²) in [6, 6.07) is 16.6. The first-order chi connectivity index (χ1) is 15.5. The second-order valence-corrected chi connectivity index (χ2v) is 7.21. The third-order valence-electron chi connectivity index (χ3n) is 5.32. The number of furan rings is 1. The lowest BCUT2D eigenvalue weighted by Crippen LogP contribution is -2.29. The highest BCUT2D eigenvalue weighted by Gasteiger charge is 2.46. The summed E-state index contributed by atoms with van der Waals surface area (Å²) in [4.78, 5) is 27.5. The number of likely N-dealkylation sites (tertiary alicyclic amines) is 1. The van der Waals surface area contributed by atoms with Crippen LogP contribution in [0.4, 0.5) is 0 Å². The van der Waals surface area contributed by atoms with Gasteiger partial charge in [0.2, 0.25) is 0 Å². The van der Waals surface area contributed by atoms with E-state index in [1.807, 2.05) is 6.92 Å². The zero-order chi connectivity index (χ0) is 22.7. The molecule has 0 radical (unpaired) electrons. The van der Waals surface area contributed by atoms with Gasteiger partial charge < -0.3 is 23.9 Å². The topological polar surface area (TPSA) is 89.2 Å². The Morgan fingerprint density at radius 1 is 1.06 bits per heavy atom. The molecule has 2 aromatic carbocycles. The molecule has 7 nitrogen and oxygen atoms in total. The number of Topliss-reactive ketones (excluding diaryl/α,β-unsaturated/α-hetero) is 1. The molecule has 1 N–H and O–H groups in total. The van der Waals surface area contributed by atoms with Crippen molar-refractivity contribution in [2.24, 2.45) is 0 Å². The zero-order valence-electron chi connectivity index (χ0n) is 17.8. The van der Waals surface area contributed by atoms with Gasteiger partial charge in [-0.3, -0.25) is 9.59 Å². The van der Waals surface area contributed by atoms with Gasteiger partial charge in [-0.05, 0) is 48.9 Å². The first kappa shape index (κ1) is 21.2. The summed E-state index contributed by atoms with van der Waals surface area (Å²) in [6.45, 7) is 2.49. The van der Waals surface area contributed by atoms with E-state index in [0.29, 0.717) is 35.0 Å². The summed E-state index contributed by atoms with van der Waals surface area (Å²) in [5, 5.41) is 11.2. The van der Waals surface area contributed by atoms with Crippen molar-refractivity contribution in [1.82, 2.24) is 4.90 Å². The van der Waals surface area contributed by atoms with Gasteiger partial charge in [0.05, 0.1) is 43.7 Å². The predicted octanol–water partition coefficient (Wildman–Crippen LogP) is 4.31. The summed E-state index contributed by atoms with van der Waals surface area (Å²) in [7, 11) is 1.48. The third-order valence-corrected chi connectivity index (χ3v) is 5.32. The van der Waals surface area contributed by atoms with Gasteiger partial charge in [-0.15, -0.1) is 0 Å². The molecular formula is C25H23NO6. The molecule has 1 aliphatic rings. The monoisotopic (exact) mass is 433 g/mol. The Bertz CT molecular complexity index is 1150. The van der Waals surface area contributed by atoms with E-state index >= 15 is 0 Å². The Morgan fingerprint density at radius 2 is 1.81 bits per heavy atom. The molecule has 0 aliphatic carbocycles. The molecule has 3 aromatic rings. The van der Waals surface area contributed by atoms with E-state index in [2.05, 4.69) is 0 Å². The van der Waals surface area contributed by atoms with Crippen LogP contribution in [0.3, 0.4) is 0 Å². The van der Waals surface area contributed by atoms with Gasteiger partial charge in [0.15, 0.2) is 0 Å². The number of nitrogens with zero attached hydrogens (tertiary/aromatic N) is 1. The Kier molecular flexibility index (Phi) is 5.98. The summed E-state index contributed by atoms with van der Waals surface area (Å²) in [5.74, 6) is -0.172. The standard InChI is InChI=1S/C25H23NO6/c1-3-31-17-12-10-16(11-13-17)22-21(23(27)19-8-4-5-9-20(19)30-2)24(28)25(29)26(22)15-18-7-6-14-32-18/h4-14,22,27H,3,15H2,1-2H3/b23-21-. The average molecular weight is 433 g/mol. The van der Waals surface area contributed by atoms with Gasteiger partial charge in [-0.2, -0.15) is 0 Å². The lowest BCUT2D eigenvalue weighted by molar-refractivity contribution is -0.140. The van der Waals surface area contributed by atoms with E-state index in [9.17, 15) is 14.7 Å². The minimum atomic E-state index is -0.805. The summed E-state index contributed by atoms with van der Waals surface area (Å²) in [6.07, 6.45) is 1.51. The number of methoxy groups -OCH3 is 1. The van der Waals surface area contributed by atoms with Gasteiger partial charge in [0, 0.05) is 0 Å². The normalized spacial score (nSPS) is 17.6. The highest BCUT2D eigenvalue weighted by Crippen LogP contribution is 2.42. The van der Waals surface area contributed by atoms with Crippen molar-refractivity contribution in [2.45, 2.75) is 19.5 Å². The average Bonchev–Trinajstić information content (AvgIpc) is 3.42. The molecule has 0 spiro atoms. The van der Waals surface area contributed by atoms with Crippen molar-refractivity contribution in [1.29, 1.82) is 0 Å². The molecule has 0 bridgehead atoms.